The Hall–Kier alpha value is -2.45. The zero-order valence-electron chi connectivity index (χ0n) is 21.9. The molecule has 0 bridgehead atoms. The largest absolute Gasteiger partial charge is 0.335 e. The van der Waals surface area contributed by atoms with Gasteiger partial charge in [-0.1, -0.05) is 31.5 Å². The summed E-state index contributed by atoms with van der Waals surface area (Å²) in [5, 5.41) is 4.95. The molecular formula is C26H39ClN6O2. The van der Waals surface area contributed by atoms with Gasteiger partial charge in [0.05, 0.1) is 5.69 Å². The number of carbonyl (C=O) groups excluding carboxylic acids is 2. The molecule has 0 aliphatic carbocycles. The molecule has 0 saturated carbocycles. The first kappa shape index (κ1) is 27.1. The van der Waals surface area contributed by atoms with Crippen LogP contribution in [0.3, 0.4) is 0 Å². The van der Waals surface area contributed by atoms with Crippen molar-refractivity contribution in [2.75, 3.05) is 31.1 Å². The van der Waals surface area contributed by atoms with Crippen LogP contribution in [0.15, 0.2) is 18.2 Å². The van der Waals surface area contributed by atoms with E-state index in [-0.39, 0.29) is 24.3 Å². The predicted molar refractivity (Wildman–Crippen MR) is 139 cm³/mol. The third-order valence-corrected chi connectivity index (χ3v) is 6.63. The second kappa shape index (κ2) is 12.0. The smallest absolute Gasteiger partial charge is 0.244 e. The van der Waals surface area contributed by atoms with E-state index in [9.17, 15) is 9.59 Å². The molecule has 0 fully saturated rings. The number of fused-ring (bicyclic) bond motifs is 1. The molecule has 1 aliphatic heterocycles. The molecule has 0 atom stereocenters. The van der Waals surface area contributed by atoms with Gasteiger partial charge in [0.1, 0.15) is 18.2 Å². The Morgan fingerprint density at radius 1 is 1.03 bits per heavy atom. The molecule has 0 spiro atoms. The van der Waals surface area contributed by atoms with Gasteiger partial charge in [-0.2, -0.15) is 5.10 Å². The number of anilines is 1. The molecule has 1 aromatic heterocycles. The molecule has 2 aromatic rings. The third-order valence-electron chi connectivity index (χ3n) is 6.40. The standard InChI is InChI=1S/C26H39ClN6O2/c1-18(2)14-25(34)32-11-7-10-30(19(3)4)12-13-31(16-22-8-9-23(27)15-24(22)32)26(35)17-33-21(6)28-20(5)29-33/h8-9,15,18-19H,7,10-14,16-17H2,1-6H3. The second-order valence-electron chi connectivity index (χ2n) is 10.1. The van der Waals surface area contributed by atoms with Gasteiger partial charge in [-0.05, 0) is 57.7 Å². The highest BCUT2D eigenvalue weighted by Crippen LogP contribution is 2.28. The maximum Gasteiger partial charge on any atom is 0.244 e. The quantitative estimate of drug-likeness (QED) is 0.616. The monoisotopic (exact) mass is 502 g/mol. The van der Waals surface area contributed by atoms with Gasteiger partial charge in [0.2, 0.25) is 11.8 Å². The van der Waals surface area contributed by atoms with Gasteiger partial charge in [0.15, 0.2) is 0 Å². The highest BCUT2D eigenvalue weighted by atomic mass is 35.5. The van der Waals surface area contributed by atoms with E-state index in [0.717, 1.165) is 36.6 Å². The number of halogens is 1. The summed E-state index contributed by atoms with van der Waals surface area (Å²) >= 11 is 6.40. The maximum atomic E-state index is 13.5. The fourth-order valence-corrected chi connectivity index (χ4v) is 4.67. The minimum absolute atomic E-state index is 0.0260. The summed E-state index contributed by atoms with van der Waals surface area (Å²) in [4.78, 5) is 37.3. The highest BCUT2D eigenvalue weighted by molar-refractivity contribution is 6.31. The number of aromatic nitrogens is 3. The molecule has 9 heteroatoms. The van der Waals surface area contributed by atoms with Crippen molar-refractivity contribution in [3.63, 3.8) is 0 Å². The molecule has 192 valence electrons. The number of rotatable bonds is 5. The molecule has 1 aliphatic rings. The Morgan fingerprint density at radius 2 is 1.77 bits per heavy atom. The van der Waals surface area contributed by atoms with Crippen LogP contribution in [0, 0.1) is 19.8 Å². The van der Waals surface area contributed by atoms with Crippen LogP contribution in [0.1, 0.15) is 57.7 Å². The summed E-state index contributed by atoms with van der Waals surface area (Å²) in [5.41, 5.74) is 1.72. The van der Waals surface area contributed by atoms with E-state index < -0.39 is 0 Å². The number of carbonyl (C=O) groups is 2. The average molecular weight is 503 g/mol. The van der Waals surface area contributed by atoms with Gasteiger partial charge in [-0.15, -0.1) is 0 Å². The molecule has 0 N–H and O–H groups in total. The van der Waals surface area contributed by atoms with Gasteiger partial charge in [0, 0.05) is 50.2 Å². The van der Waals surface area contributed by atoms with E-state index in [1.165, 1.54) is 0 Å². The van der Waals surface area contributed by atoms with Crippen LogP contribution >= 0.6 is 11.6 Å². The molecule has 2 amide bonds. The van der Waals surface area contributed by atoms with Crippen LogP contribution in [0.4, 0.5) is 5.69 Å². The second-order valence-corrected chi connectivity index (χ2v) is 10.5. The Balaban J connectivity index is 1.98. The van der Waals surface area contributed by atoms with E-state index in [2.05, 4.69) is 42.7 Å². The minimum Gasteiger partial charge on any atom is -0.335 e. The normalized spacial score (nSPS) is 15.9. The van der Waals surface area contributed by atoms with Gasteiger partial charge >= 0.3 is 0 Å². The van der Waals surface area contributed by atoms with Crippen molar-refractivity contribution in [1.82, 2.24) is 24.6 Å². The van der Waals surface area contributed by atoms with E-state index >= 15 is 0 Å². The van der Waals surface area contributed by atoms with E-state index in [4.69, 9.17) is 11.6 Å². The topological polar surface area (TPSA) is 74.6 Å². The van der Waals surface area contributed by atoms with Crippen LogP contribution in [0.25, 0.3) is 0 Å². The Labute approximate surface area is 214 Å². The van der Waals surface area contributed by atoms with Crippen LogP contribution < -0.4 is 4.90 Å². The van der Waals surface area contributed by atoms with Crippen molar-refractivity contribution in [2.45, 2.75) is 73.5 Å². The number of aryl methyl sites for hydroxylation is 2. The number of amides is 2. The lowest BCUT2D eigenvalue weighted by Crippen LogP contribution is -2.42. The van der Waals surface area contributed by atoms with Gasteiger partial charge in [-0.3, -0.25) is 14.5 Å². The van der Waals surface area contributed by atoms with Gasteiger partial charge < -0.3 is 9.80 Å². The molecule has 35 heavy (non-hydrogen) atoms. The van der Waals surface area contributed by atoms with Crippen LogP contribution in [-0.4, -0.2) is 68.6 Å². The lowest BCUT2D eigenvalue weighted by Gasteiger charge is -2.30. The zero-order valence-corrected chi connectivity index (χ0v) is 22.7. The van der Waals surface area contributed by atoms with Crippen molar-refractivity contribution in [2.24, 2.45) is 5.92 Å². The van der Waals surface area contributed by atoms with E-state index in [0.29, 0.717) is 42.9 Å². The van der Waals surface area contributed by atoms with Gasteiger partial charge in [0.25, 0.3) is 0 Å². The number of nitrogens with zero attached hydrogens (tertiary/aromatic N) is 6. The number of hydrogen-bond acceptors (Lipinski definition) is 5. The van der Waals surface area contributed by atoms with Crippen LogP contribution in [0.5, 0.6) is 0 Å². The summed E-state index contributed by atoms with van der Waals surface area (Å²) in [5.74, 6) is 1.68. The number of hydrogen-bond donors (Lipinski definition) is 0. The molecule has 0 unspecified atom stereocenters. The Kier molecular flexibility index (Phi) is 9.30. The summed E-state index contributed by atoms with van der Waals surface area (Å²) in [6.07, 6.45) is 1.31. The van der Waals surface area contributed by atoms with Gasteiger partial charge in [-0.25, -0.2) is 9.67 Å². The van der Waals surface area contributed by atoms with Crippen molar-refractivity contribution in [3.05, 3.63) is 40.4 Å². The molecule has 8 nitrogen and oxygen atoms in total. The van der Waals surface area contributed by atoms with Crippen LogP contribution in [-0.2, 0) is 22.7 Å². The van der Waals surface area contributed by atoms with E-state index in [1.807, 2.05) is 41.8 Å². The first-order valence-corrected chi connectivity index (χ1v) is 12.9. The summed E-state index contributed by atoms with van der Waals surface area (Å²) in [6, 6.07) is 5.97. The summed E-state index contributed by atoms with van der Waals surface area (Å²) < 4.78 is 1.66. The summed E-state index contributed by atoms with van der Waals surface area (Å²) in [7, 11) is 0. The predicted octanol–water partition coefficient (Wildman–Crippen LogP) is 4.07. The Bertz CT molecular complexity index is 1030. The first-order chi connectivity index (χ1) is 16.5. The fourth-order valence-electron chi connectivity index (χ4n) is 4.51. The highest BCUT2D eigenvalue weighted by Gasteiger charge is 2.25. The summed E-state index contributed by atoms with van der Waals surface area (Å²) in [6.45, 7) is 15.5. The molecule has 3 rings (SSSR count). The molecular weight excluding hydrogens is 464 g/mol. The van der Waals surface area contributed by atoms with E-state index in [1.54, 1.807) is 4.68 Å². The fraction of sp³-hybridized carbons (Fsp3) is 0.615. The SMILES string of the molecule is Cc1nc(C)n(CC(=O)N2CCN(C(C)C)CCCN(C(=O)CC(C)C)c3cc(Cl)ccc3C2)n1. The molecule has 1 aromatic carbocycles. The third kappa shape index (κ3) is 7.27. The van der Waals surface area contributed by atoms with Crippen molar-refractivity contribution < 1.29 is 9.59 Å². The maximum absolute atomic E-state index is 13.5. The number of benzene rings is 1. The lowest BCUT2D eigenvalue weighted by atomic mass is 10.1. The Morgan fingerprint density at radius 3 is 2.40 bits per heavy atom. The minimum atomic E-state index is -0.0260. The molecule has 2 heterocycles. The van der Waals surface area contributed by atoms with Crippen LogP contribution in [0.2, 0.25) is 5.02 Å². The molecule has 0 saturated heterocycles. The molecule has 0 radical (unpaired) electrons. The van der Waals surface area contributed by atoms with Crippen molar-refractivity contribution in [1.29, 1.82) is 0 Å². The zero-order chi connectivity index (χ0) is 25.7. The van der Waals surface area contributed by atoms with Crippen molar-refractivity contribution >= 4 is 29.1 Å². The average Bonchev–Trinajstić information content (AvgIpc) is 3.06. The lowest BCUT2D eigenvalue weighted by molar-refractivity contribution is -0.133. The van der Waals surface area contributed by atoms with Crippen molar-refractivity contribution in [3.8, 4) is 0 Å². The first-order valence-electron chi connectivity index (χ1n) is 12.5.